The molecule has 1 aliphatic heterocycles. The van der Waals surface area contributed by atoms with Crippen LogP contribution in [0, 0.1) is 0 Å². The SMILES string of the molecule is CC[C@]1(CC(O)C(F)(F)C(F)(F)F)CSc2cc(OC)c(OC)cc2[C@H](c2ccccc2)N1. The van der Waals surface area contributed by atoms with Gasteiger partial charge < -0.3 is 14.6 Å². The molecule has 1 unspecified atom stereocenters. The number of hydrogen-bond acceptors (Lipinski definition) is 5. The van der Waals surface area contributed by atoms with Crippen LogP contribution in [0.3, 0.4) is 0 Å². The number of nitrogens with one attached hydrogen (secondary N) is 1. The standard InChI is InChI=1S/C23H26F5NO3S/c1-4-21(12-19(30)22(24,25)23(26,27)28)13-33-18-11-17(32-3)16(31-2)10-15(18)20(29-21)14-8-6-5-7-9-14/h5-11,19-20,29-30H,4,12-13H2,1-3H3/t19?,20-,21-/m0/s1. The van der Waals surface area contributed by atoms with Gasteiger partial charge in [-0.05, 0) is 36.1 Å². The highest BCUT2D eigenvalue weighted by atomic mass is 32.2. The Kier molecular flexibility index (Phi) is 7.50. The number of ether oxygens (including phenoxy) is 2. The summed E-state index contributed by atoms with van der Waals surface area (Å²) in [7, 11) is 2.98. The summed E-state index contributed by atoms with van der Waals surface area (Å²) in [6.45, 7) is 1.70. The van der Waals surface area contributed by atoms with Gasteiger partial charge in [-0.2, -0.15) is 22.0 Å². The van der Waals surface area contributed by atoms with E-state index in [-0.39, 0.29) is 12.2 Å². The van der Waals surface area contributed by atoms with E-state index in [1.165, 1.54) is 26.0 Å². The van der Waals surface area contributed by atoms with Gasteiger partial charge in [0.2, 0.25) is 0 Å². The molecule has 2 aromatic rings. The van der Waals surface area contributed by atoms with Crippen LogP contribution in [0.4, 0.5) is 22.0 Å². The molecule has 0 aliphatic carbocycles. The summed E-state index contributed by atoms with van der Waals surface area (Å²) >= 11 is 1.31. The number of methoxy groups -OCH3 is 2. The molecule has 0 aromatic heterocycles. The molecule has 0 spiro atoms. The molecule has 0 radical (unpaired) electrons. The van der Waals surface area contributed by atoms with Crippen molar-refractivity contribution in [3.8, 4) is 11.5 Å². The molecule has 0 saturated carbocycles. The van der Waals surface area contributed by atoms with Gasteiger partial charge in [-0.3, -0.25) is 5.32 Å². The zero-order chi connectivity index (χ0) is 24.4. The van der Waals surface area contributed by atoms with E-state index in [1.807, 2.05) is 30.3 Å². The van der Waals surface area contributed by atoms with Crippen molar-refractivity contribution in [3.05, 3.63) is 53.6 Å². The van der Waals surface area contributed by atoms with Crippen LogP contribution in [0.1, 0.15) is 36.9 Å². The van der Waals surface area contributed by atoms with E-state index in [2.05, 4.69) is 5.32 Å². The molecule has 33 heavy (non-hydrogen) atoms. The summed E-state index contributed by atoms with van der Waals surface area (Å²) in [4.78, 5) is 0.779. The Labute approximate surface area is 193 Å². The summed E-state index contributed by atoms with van der Waals surface area (Å²) < 4.78 is 77.4. The van der Waals surface area contributed by atoms with Crippen LogP contribution >= 0.6 is 11.8 Å². The summed E-state index contributed by atoms with van der Waals surface area (Å²) in [5.41, 5.74) is 0.360. The van der Waals surface area contributed by atoms with Crippen LogP contribution in [0.15, 0.2) is 47.4 Å². The van der Waals surface area contributed by atoms with Crippen molar-refractivity contribution in [2.24, 2.45) is 0 Å². The molecule has 1 heterocycles. The summed E-state index contributed by atoms with van der Waals surface area (Å²) in [6.07, 6.45) is -9.31. The fourth-order valence-corrected chi connectivity index (χ4v) is 5.30. The highest BCUT2D eigenvalue weighted by Crippen LogP contribution is 2.47. The second kappa shape index (κ2) is 9.68. The van der Waals surface area contributed by atoms with Gasteiger partial charge in [-0.1, -0.05) is 37.3 Å². The van der Waals surface area contributed by atoms with Crippen molar-refractivity contribution in [1.29, 1.82) is 0 Å². The minimum Gasteiger partial charge on any atom is -0.493 e. The third-order valence-electron chi connectivity index (χ3n) is 5.97. The lowest BCUT2D eigenvalue weighted by atomic mass is 9.86. The first-order valence-electron chi connectivity index (χ1n) is 10.3. The van der Waals surface area contributed by atoms with Crippen molar-refractivity contribution in [3.63, 3.8) is 0 Å². The van der Waals surface area contributed by atoms with Gasteiger partial charge in [0.05, 0.1) is 20.3 Å². The first-order valence-corrected chi connectivity index (χ1v) is 11.3. The predicted molar refractivity (Wildman–Crippen MR) is 116 cm³/mol. The Morgan fingerprint density at radius 3 is 2.24 bits per heavy atom. The van der Waals surface area contributed by atoms with Crippen LogP contribution in [-0.4, -0.2) is 48.8 Å². The molecule has 2 N–H and O–H groups in total. The van der Waals surface area contributed by atoms with E-state index < -0.39 is 36.2 Å². The fourth-order valence-electron chi connectivity index (χ4n) is 3.93. The number of aliphatic hydroxyl groups is 1. The zero-order valence-electron chi connectivity index (χ0n) is 18.4. The minimum absolute atomic E-state index is 0.167. The first kappa shape index (κ1) is 25.6. The van der Waals surface area contributed by atoms with Crippen molar-refractivity contribution < 1.29 is 36.5 Å². The Bertz CT molecular complexity index is 957. The van der Waals surface area contributed by atoms with Crippen LogP contribution in [-0.2, 0) is 0 Å². The number of hydrogen-bond donors (Lipinski definition) is 2. The van der Waals surface area contributed by atoms with Crippen LogP contribution in [0.25, 0.3) is 0 Å². The number of thioether (sulfide) groups is 1. The third kappa shape index (κ3) is 5.07. The van der Waals surface area contributed by atoms with Crippen LogP contribution in [0.5, 0.6) is 11.5 Å². The van der Waals surface area contributed by atoms with Gasteiger partial charge >= 0.3 is 12.1 Å². The summed E-state index contributed by atoms with van der Waals surface area (Å²) in [6, 6.07) is 12.1. The average molecular weight is 492 g/mol. The van der Waals surface area contributed by atoms with E-state index in [4.69, 9.17) is 9.47 Å². The monoisotopic (exact) mass is 491 g/mol. The minimum atomic E-state index is -5.85. The lowest BCUT2D eigenvalue weighted by molar-refractivity contribution is -0.315. The van der Waals surface area contributed by atoms with E-state index in [1.54, 1.807) is 19.1 Å². The van der Waals surface area contributed by atoms with Gasteiger partial charge in [0.25, 0.3) is 0 Å². The molecule has 1 aliphatic rings. The van der Waals surface area contributed by atoms with Crippen molar-refractivity contribution in [1.82, 2.24) is 5.32 Å². The maximum atomic E-state index is 13.9. The molecule has 3 rings (SSSR count). The fraction of sp³-hybridized carbons (Fsp3) is 0.478. The number of aliphatic hydroxyl groups excluding tert-OH is 1. The molecule has 0 amide bonds. The lowest BCUT2D eigenvalue weighted by Gasteiger charge is -2.39. The maximum Gasteiger partial charge on any atom is 0.456 e. The molecular formula is C23H26F5NO3S. The average Bonchev–Trinajstić information content (AvgIpc) is 2.95. The van der Waals surface area contributed by atoms with E-state index in [0.29, 0.717) is 11.5 Å². The Balaban J connectivity index is 2.08. The van der Waals surface area contributed by atoms with Crippen LogP contribution in [0.2, 0.25) is 0 Å². The quantitative estimate of drug-likeness (QED) is 0.495. The molecule has 10 heteroatoms. The number of fused-ring (bicyclic) bond motifs is 1. The molecule has 0 bridgehead atoms. The van der Waals surface area contributed by atoms with Gasteiger partial charge in [0.15, 0.2) is 11.5 Å². The maximum absolute atomic E-state index is 13.9. The second-order valence-corrected chi connectivity index (χ2v) is 9.01. The Hall–Kier alpha value is -2.04. The van der Waals surface area contributed by atoms with E-state index >= 15 is 0 Å². The third-order valence-corrected chi connectivity index (χ3v) is 7.33. The Morgan fingerprint density at radius 2 is 1.70 bits per heavy atom. The lowest BCUT2D eigenvalue weighted by Crippen LogP contribution is -2.56. The molecule has 0 fully saturated rings. The molecule has 4 nitrogen and oxygen atoms in total. The van der Waals surface area contributed by atoms with E-state index in [9.17, 15) is 27.1 Å². The summed E-state index contributed by atoms with van der Waals surface area (Å²) in [5, 5.41) is 13.3. The molecular weight excluding hydrogens is 465 g/mol. The number of alkyl halides is 5. The van der Waals surface area contributed by atoms with Gasteiger partial charge in [0.1, 0.15) is 6.10 Å². The molecule has 2 aromatic carbocycles. The molecule has 182 valence electrons. The highest BCUT2D eigenvalue weighted by Gasteiger charge is 2.63. The van der Waals surface area contributed by atoms with Crippen molar-refractivity contribution >= 4 is 11.8 Å². The number of rotatable bonds is 7. The van der Waals surface area contributed by atoms with Gasteiger partial charge in [0, 0.05) is 16.2 Å². The largest absolute Gasteiger partial charge is 0.493 e. The smallest absolute Gasteiger partial charge is 0.456 e. The number of benzene rings is 2. The molecule has 0 saturated heterocycles. The topological polar surface area (TPSA) is 50.7 Å². The first-order chi connectivity index (χ1) is 15.5. The van der Waals surface area contributed by atoms with Crippen molar-refractivity contribution in [2.45, 2.75) is 54.4 Å². The number of halogens is 5. The van der Waals surface area contributed by atoms with Gasteiger partial charge in [-0.25, -0.2) is 0 Å². The summed E-state index contributed by atoms with van der Waals surface area (Å²) in [5.74, 6) is -4.12. The molecule has 3 atom stereocenters. The van der Waals surface area contributed by atoms with Gasteiger partial charge in [-0.15, -0.1) is 11.8 Å². The zero-order valence-corrected chi connectivity index (χ0v) is 19.2. The predicted octanol–water partition coefficient (Wildman–Crippen LogP) is 5.59. The van der Waals surface area contributed by atoms with E-state index in [0.717, 1.165) is 16.0 Å². The van der Waals surface area contributed by atoms with Crippen LogP contribution < -0.4 is 14.8 Å². The normalized spacial score (nSPS) is 22.3. The second-order valence-electron chi connectivity index (χ2n) is 8.00. The highest BCUT2D eigenvalue weighted by molar-refractivity contribution is 7.99. The Morgan fingerprint density at radius 1 is 1.09 bits per heavy atom. The van der Waals surface area contributed by atoms with Crippen molar-refractivity contribution in [2.75, 3.05) is 20.0 Å².